The molecule has 0 saturated heterocycles. The SMILES string of the molecule is CCCCCCOc1ccc([C@H](CC(=O)O)C(=O)O)cc1. The molecule has 0 fully saturated rings. The zero-order valence-electron chi connectivity index (χ0n) is 12.2. The van der Waals surface area contributed by atoms with Crippen molar-refractivity contribution in [2.75, 3.05) is 6.61 Å². The Kier molecular flexibility index (Phi) is 7.29. The Morgan fingerprint density at radius 3 is 2.29 bits per heavy atom. The molecular formula is C16H22O5. The molecule has 21 heavy (non-hydrogen) atoms. The highest BCUT2D eigenvalue weighted by Crippen LogP contribution is 2.23. The Morgan fingerprint density at radius 1 is 1.10 bits per heavy atom. The molecule has 5 heteroatoms. The van der Waals surface area contributed by atoms with E-state index in [1.807, 2.05) is 0 Å². The van der Waals surface area contributed by atoms with Gasteiger partial charge in [-0.3, -0.25) is 9.59 Å². The van der Waals surface area contributed by atoms with Crippen molar-refractivity contribution in [1.29, 1.82) is 0 Å². The lowest BCUT2D eigenvalue weighted by molar-refractivity contribution is -0.145. The van der Waals surface area contributed by atoms with Gasteiger partial charge in [0.15, 0.2) is 0 Å². The lowest BCUT2D eigenvalue weighted by Crippen LogP contribution is -2.15. The van der Waals surface area contributed by atoms with E-state index in [1.54, 1.807) is 24.3 Å². The predicted octanol–water partition coefficient (Wildman–Crippen LogP) is 3.29. The van der Waals surface area contributed by atoms with Crippen LogP contribution < -0.4 is 4.74 Å². The summed E-state index contributed by atoms with van der Waals surface area (Å²) in [5, 5.41) is 17.8. The minimum absolute atomic E-state index is 0.424. The summed E-state index contributed by atoms with van der Waals surface area (Å²) in [4.78, 5) is 21.8. The molecule has 0 spiro atoms. The Hall–Kier alpha value is -2.04. The molecule has 1 aromatic carbocycles. The van der Waals surface area contributed by atoms with Crippen molar-refractivity contribution in [2.45, 2.75) is 44.9 Å². The standard InChI is InChI=1S/C16H22O5/c1-2-3-4-5-10-21-13-8-6-12(7-9-13)14(16(19)20)11-15(17)18/h6-9,14H,2-5,10-11H2,1H3,(H,17,18)(H,19,20)/t14-/m0/s1. The van der Waals surface area contributed by atoms with Gasteiger partial charge in [0.05, 0.1) is 18.9 Å². The maximum absolute atomic E-state index is 11.1. The molecule has 1 aromatic rings. The Bertz CT molecular complexity index is 452. The van der Waals surface area contributed by atoms with Crippen LogP contribution in [-0.2, 0) is 9.59 Å². The topological polar surface area (TPSA) is 83.8 Å². The number of unbranched alkanes of at least 4 members (excludes halogenated alkanes) is 3. The van der Waals surface area contributed by atoms with Crippen LogP contribution in [0, 0.1) is 0 Å². The number of rotatable bonds is 10. The maximum atomic E-state index is 11.1. The van der Waals surface area contributed by atoms with Crippen molar-refractivity contribution >= 4 is 11.9 Å². The van der Waals surface area contributed by atoms with Gasteiger partial charge in [-0.1, -0.05) is 38.3 Å². The molecule has 0 aromatic heterocycles. The van der Waals surface area contributed by atoms with Gasteiger partial charge in [-0.25, -0.2) is 0 Å². The summed E-state index contributed by atoms with van der Waals surface area (Å²) >= 11 is 0. The van der Waals surface area contributed by atoms with E-state index in [-0.39, 0.29) is 0 Å². The highest BCUT2D eigenvalue weighted by atomic mass is 16.5. The summed E-state index contributed by atoms with van der Waals surface area (Å²) in [5.41, 5.74) is 0.475. The molecule has 2 N–H and O–H groups in total. The van der Waals surface area contributed by atoms with Crippen LogP contribution in [0.4, 0.5) is 0 Å². The zero-order chi connectivity index (χ0) is 15.7. The second-order valence-corrected chi connectivity index (χ2v) is 4.97. The van der Waals surface area contributed by atoms with Gasteiger partial charge in [0.25, 0.3) is 0 Å². The number of aliphatic carboxylic acids is 2. The summed E-state index contributed by atoms with van der Waals surface area (Å²) in [5.74, 6) is -2.61. The van der Waals surface area contributed by atoms with Crippen LogP contribution in [0.25, 0.3) is 0 Å². The number of ether oxygens (including phenoxy) is 1. The van der Waals surface area contributed by atoms with Crippen molar-refractivity contribution in [1.82, 2.24) is 0 Å². The summed E-state index contributed by atoms with van der Waals surface area (Å²) in [6.07, 6.45) is 4.07. The predicted molar refractivity (Wildman–Crippen MR) is 78.7 cm³/mol. The molecule has 0 aliphatic heterocycles. The van der Waals surface area contributed by atoms with E-state index in [4.69, 9.17) is 14.9 Å². The first-order chi connectivity index (χ1) is 10.0. The summed E-state index contributed by atoms with van der Waals surface area (Å²) < 4.78 is 5.57. The normalized spacial score (nSPS) is 11.9. The average molecular weight is 294 g/mol. The van der Waals surface area contributed by atoms with Crippen LogP contribution in [0.1, 0.15) is 50.5 Å². The minimum Gasteiger partial charge on any atom is -0.494 e. The fraction of sp³-hybridized carbons (Fsp3) is 0.500. The summed E-state index contributed by atoms with van der Waals surface area (Å²) in [7, 11) is 0. The third kappa shape index (κ3) is 6.29. The quantitative estimate of drug-likeness (QED) is 0.647. The fourth-order valence-corrected chi connectivity index (χ4v) is 2.04. The van der Waals surface area contributed by atoms with E-state index in [9.17, 15) is 9.59 Å². The highest BCUT2D eigenvalue weighted by molar-refractivity contribution is 5.82. The van der Waals surface area contributed by atoms with E-state index < -0.39 is 24.3 Å². The van der Waals surface area contributed by atoms with E-state index in [2.05, 4.69) is 6.92 Å². The molecule has 116 valence electrons. The van der Waals surface area contributed by atoms with Gasteiger partial charge < -0.3 is 14.9 Å². The van der Waals surface area contributed by atoms with Crippen LogP contribution in [0.5, 0.6) is 5.75 Å². The van der Waals surface area contributed by atoms with E-state index >= 15 is 0 Å². The monoisotopic (exact) mass is 294 g/mol. The first-order valence-corrected chi connectivity index (χ1v) is 7.22. The number of carboxylic acid groups (broad SMARTS) is 2. The molecule has 1 atom stereocenters. The number of carboxylic acids is 2. The van der Waals surface area contributed by atoms with Crippen molar-refractivity contribution in [3.05, 3.63) is 29.8 Å². The van der Waals surface area contributed by atoms with E-state index in [1.165, 1.54) is 12.8 Å². The molecule has 1 rings (SSSR count). The molecule has 0 aliphatic carbocycles. The number of hydrogen-bond acceptors (Lipinski definition) is 3. The van der Waals surface area contributed by atoms with Crippen LogP contribution in [0.15, 0.2) is 24.3 Å². The lowest BCUT2D eigenvalue weighted by Gasteiger charge is -2.11. The Labute approximate surface area is 124 Å². The van der Waals surface area contributed by atoms with Crippen molar-refractivity contribution < 1.29 is 24.5 Å². The zero-order valence-corrected chi connectivity index (χ0v) is 12.2. The smallest absolute Gasteiger partial charge is 0.311 e. The van der Waals surface area contributed by atoms with Crippen molar-refractivity contribution in [3.63, 3.8) is 0 Å². The minimum atomic E-state index is -1.13. The third-order valence-corrected chi connectivity index (χ3v) is 3.23. The third-order valence-electron chi connectivity index (χ3n) is 3.23. The van der Waals surface area contributed by atoms with Gasteiger partial charge in [0.2, 0.25) is 0 Å². The van der Waals surface area contributed by atoms with E-state index in [0.717, 1.165) is 12.8 Å². The van der Waals surface area contributed by atoms with Gasteiger partial charge in [-0.15, -0.1) is 0 Å². The van der Waals surface area contributed by atoms with Crippen LogP contribution >= 0.6 is 0 Å². The lowest BCUT2D eigenvalue weighted by atomic mass is 9.96. The van der Waals surface area contributed by atoms with Gasteiger partial charge in [-0.05, 0) is 24.1 Å². The van der Waals surface area contributed by atoms with E-state index in [0.29, 0.717) is 17.9 Å². The van der Waals surface area contributed by atoms with Crippen LogP contribution in [0.2, 0.25) is 0 Å². The van der Waals surface area contributed by atoms with Gasteiger partial charge in [0, 0.05) is 0 Å². The van der Waals surface area contributed by atoms with Gasteiger partial charge in [0.1, 0.15) is 5.75 Å². The molecule has 0 aliphatic rings. The summed E-state index contributed by atoms with van der Waals surface area (Å²) in [6.45, 7) is 2.78. The molecular weight excluding hydrogens is 272 g/mol. The fourth-order valence-electron chi connectivity index (χ4n) is 2.04. The Morgan fingerprint density at radius 2 is 1.76 bits per heavy atom. The summed E-state index contributed by atoms with van der Waals surface area (Å²) in [6, 6.07) is 6.60. The van der Waals surface area contributed by atoms with Crippen LogP contribution in [0.3, 0.4) is 0 Å². The number of hydrogen-bond donors (Lipinski definition) is 2. The second-order valence-electron chi connectivity index (χ2n) is 4.97. The number of benzene rings is 1. The molecule has 5 nitrogen and oxygen atoms in total. The molecule has 0 amide bonds. The van der Waals surface area contributed by atoms with Crippen molar-refractivity contribution in [2.24, 2.45) is 0 Å². The first kappa shape index (κ1) is 17.0. The number of carbonyl (C=O) groups is 2. The molecule has 0 unspecified atom stereocenters. The highest BCUT2D eigenvalue weighted by Gasteiger charge is 2.22. The maximum Gasteiger partial charge on any atom is 0.311 e. The van der Waals surface area contributed by atoms with Gasteiger partial charge in [-0.2, -0.15) is 0 Å². The average Bonchev–Trinajstić information content (AvgIpc) is 2.45. The second kappa shape index (κ2) is 9.00. The van der Waals surface area contributed by atoms with Crippen molar-refractivity contribution in [3.8, 4) is 5.75 Å². The molecule has 0 bridgehead atoms. The Balaban J connectivity index is 2.55. The molecule has 0 saturated carbocycles. The van der Waals surface area contributed by atoms with Crippen LogP contribution in [-0.4, -0.2) is 28.8 Å². The molecule has 0 heterocycles. The first-order valence-electron chi connectivity index (χ1n) is 7.22. The van der Waals surface area contributed by atoms with Gasteiger partial charge >= 0.3 is 11.9 Å². The largest absolute Gasteiger partial charge is 0.494 e. The molecule has 0 radical (unpaired) electrons.